The highest BCUT2D eigenvalue weighted by Gasteiger charge is 2.30. The smallest absolute Gasteiger partial charge is 0.255 e. The number of halogens is 1. The van der Waals surface area contributed by atoms with Crippen LogP contribution in [0.3, 0.4) is 0 Å². The van der Waals surface area contributed by atoms with Gasteiger partial charge in [0.1, 0.15) is 12.4 Å². The number of hydrogen-bond acceptors (Lipinski definition) is 3. The van der Waals surface area contributed by atoms with E-state index in [4.69, 9.17) is 5.11 Å². The lowest BCUT2D eigenvalue weighted by atomic mass is 9.93. The summed E-state index contributed by atoms with van der Waals surface area (Å²) in [6.45, 7) is 2.27. The standard InChI is InChI=1S/C16H18FNO3/c1-16(21)6-8-18(9-7-16)15(20)14-11-13(17)5-4-12(14)3-2-10-19/h4-5,11,19,21H,6-10H2,1H3. The highest BCUT2D eigenvalue weighted by atomic mass is 19.1. The van der Waals surface area contributed by atoms with E-state index in [0.29, 0.717) is 31.5 Å². The van der Waals surface area contributed by atoms with E-state index in [1.807, 2.05) is 0 Å². The van der Waals surface area contributed by atoms with Gasteiger partial charge in [0.25, 0.3) is 5.91 Å². The zero-order valence-electron chi connectivity index (χ0n) is 11.9. The van der Waals surface area contributed by atoms with Gasteiger partial charge in [-0.25, -0.2) is 4.39 Å². The fraction of sp³-hybridized carbons (Fsp3) is 0.438. The highest BCUT2D eigenvalue weighted by molar-refractivity contribution is 5.96. The van der Waals surface area contributed by atoms with Gasteiger partial charge in [-0.15, -0.1) is 0 Å². The molecule has 0 radical (unpaired) electrons. The van der Waals surface area contributed by atoms with Crippen LogP contribution in [-0.2, 0) is 0 Å². The van der Waals surface area contributed by atoms with Crippen molar-refractivity contribution in [2.45, 2.75) is 25.4 Å². The Morgan fingerprint density at radius 1 is 1.43 bits per heavy atom. The molecule has 21 heavy (non-hydrogen) atoms. The molecule has 1 heterocycles. The molecule has 5 heteroatoms. The topological polar surface area (TPSA) is 60.8 Å². The number of piperidine rings is 1. The monoisotopic (exact) mass is 291 g/mol. The molecule has 0 aliphatic carbocycles. The van der Waals surface area contributed by atoms with Crippen LogP contribution in [0, 0.1) is 17.7 Å². The number of aliphatic hydroxyl groups is 2. The van der Waals surface area contributed by atoms with Crippen molar-refractivity contribution in [3.05, 3.63) is 35.1 Å². The first kappa shape index (κ1) is 15.5. The molecular formula is C16H18FNO3. The molecule has 0 spiro atoms. The predicted octanol–water partition coefficient (Wildman–Crippen LogP) is 1.16. The number of hydrogen-bond donors (Lipinski definition) is 2. The third-order valence-corrected chi connectivity index (χ3v) is 3.64. The molecule has 4 nitrogen and oxygen atoms in total. The second kappa shape index (κ2) is 6.25. The van der Waals surface area contributed by atoms with Gasteiger partial charge in [-0.1, -0.05) is 11.8 Å². The Balaban J connectivity index is 2.24. The fourth-order valence-electron chi connectivity index (χ4n) is 2.30. The van der Waals surface area contributed by atoms with Gasteiger partial charge >= 0.3 is 0 Å². The molecule has 2 rings (SSSR count). The van der Waals surface area contributed by atoms with Crippen molar-refractivity contribution in [1.29, 1.82) is 0 Å². The lowest BCUT2D eigenvalue weighted by molar-refractivity contribution is -0.00204. The molecule has 1 aromatic carbocycles. The van der Waals surface area contributed by atoms with Crippen LogP contribution < -0.4 is 0 Å². The van der Waals surface area contributed by atoms with Crippen LogP contribution in [0.4, 0.5) is 4.39 Å². The molecule has 0 unspecified atom stereocenters. The van der Waals surface area contributed by atoms with Crippen molar-refractivity contribution >= 4 is 5.91 Å². The maximum absolute atomic E-state index is 13.4. The number of rotatable bonds is 1. The summed E-state index contributed by atoms with van der Waals surface area (Å²) in [5.41, 5.74) is -0.164. The van der Waals surface area contributed by atoms with Gasteiger partial charge in [0.2, 0.25) is 0 Å². The van der Waals surface area contributed by atoms with Gasteiger partial charge < -0.3 is 15.1 Å². The van der Waals surface area contributed by atoms with Crippen LogP contribution >= 0.6 is 0 Å². The van der Waals surface area contributed by atoms with Crippen molar-refractivity contribution in [3.63, 3.8) is 0 Å². The Kier molecular flexibility index (Phi) is 4.61. The largest absolute Gasteiger partial charge is 0.390 e. The quantitative estimate of drug-likeness (QED) is 0.763. The number of benzene rings is 1. The summed E-state index contributed by atoms with van der Waals surface area (Å²) < 4.78 is 13.4. The molecule has 1 aromatic rings. The summed E-state index contributed by atoms with van der Waals surface area (Å²) in [4.78, 5) is 14.1. The Morgan fingerprint density at radius 3 is 2.71 bits per heavy atom. The molecule has 2 N–H and O–H groups in total. The van der Waals surface area contributed by atoms with E-state index in [-0.39, 0.29) is 18.1 Å². The van der Waals surface area contributed by atoms with Crippen LogP contribution in [0.15, 0.2) is 18.2 Å². The van der Waals surface area contributed by atoms with Crippen LogP contribution in [0.2, 0.25) is 0 Å². The van der Waals surface area contributed by atoms with Crippen molar-refractivity contribution in [2.75, 3.05) is 19.7 Å². The van der Waals surface area contributed by atoms with Crippen molar-refractivity contribution in [2.24, 2.45) is 0 Å². The Morgan fingerprint density at radius 2 is 2.10 bits per heavy atom. The van der Waals surface area contributed by atoms with E-state index in [2.05, 4.69) is 11.8 Å². The number of amides is 1. The number of nitrogens with zero attached hydrogens (tertiary/aromatic N) is 1. The predicted molar refractivity (Wildman–Crippen MR) is 76.1 cm³/mol. The van der Waals surface area contributed by atoms with Crippen LogP contribution in [-0.4, -0.2) is 46.3 Å². The molecule has 0 atom stereocenters. The summed E-state index contributed by atoms with van der Waals surface area (Å²) in [5.74, 6) is 4.33. The van der Waals surface area contributed by atoms with E-state index in [1.54, 1.807) is 11.8 Å². The summed E-state index contributed by atoms with van der Waals surface area (Å²) in [7, 11) is 0. The van der Waals surface area contributed by atoms with E-state index < -0.39 is 11.4 Å². The molecule has 112 valence electrons. The van der Waals surface area contributed by atoms with Gasteiger partial charge in [0.05, 0.1) is 11.2 Å². The molecule has 0 saturated carbocycles. The first-order valence-electron chi connectivity index (χ1n) is 6.84. The zero-order valence-corrected chi connectivity index (χ0v) is 11.9. The second-order valence-electron chi connectivity index (χ2n) is 5.44. The Labute approximate surface area is 123 Å². The van der Waals surface area contributed by atoms with Crippen molar-refractivity contribution in [1.82, 2.24) is 4.90 Å². The van der Waals surface area contributed by atoms with E-state index in [0.717, 1.165) is 6.07 Å². The van der Waals surface area contributed by atoms with E-state index in [9.17, 15) is 14.3 Å². The van der Waals surface area contributed by atoms with E-state index in [1.165, 1.54) is 12.1 Å². The molecule has 1 saturated heterocycles. The summed E-state index contributed by atoms with van der Waals surface area (Å²) in [6.07, 6.45) is 0.984. The van der Waals surface area contributed by atoms with Gasteiger partial charge in [-0.05, 0) is 38.0 Å². The highest BCUT2D eigenvalue weighted by Crippen LogP contribution is 2.23. The third kappa shape index (κ3) is 3.81. The van der Waals surface area contributed by atoms with E-state index >= 15 is 0 Å². The maximum atomic E-state index is 13.4. The van der Waals surface area contributed by atoms with Gasteiger partial charge in [-0.2, -0.15) is 0 Å². The molecular weight excluding hydrogens is 273 g/mol. The number of likely N-dealkylation sites (tertiary alicyclic amines) is 1. The minimum absolute atomic E-state index is 0.192. The lowest BCUT2D eigenvalue weighted by Gasteiger charge is -2.35. The SMILES string of the molecule is CC1(O)CCN(C(=O)c2cc(F)ccc2C#CCO)CC1. The minimum Gasteiger partial charge on any atom is -0.390 e. The molecule has 1 fully saturated rings. The summed E-state index contributed by atoms with van der Waals surface area (Å²) >= 11 is 0. The molecule has 1 aliphatic heterocycles. The number of carbonyl (C=O) groups excluding carboxylic acids is 1. The molecule has 0 aromatic heterocycles. The molecule has 1 aliphatic rings. The van der Waals surface area contributed by atoms with Gasteiger partial charge in [0.15, 0.2) is 0 Å². The van der Waals surface area contributed by atoms with Crippen molar-refractivity contribution < 1.29 is 19.4 Å². The number of carbonyl (C=O) groups is 1. The minimum atomic E-state index is -0.752. The first-order valence-corrected chi connectivity index (χ1v) is 6.84. The van der Waals surface area contributed by atoms with Gasteiger partial charge in [0, 0.05) is 18.7 Å². The zero-order chi connectivity index (χ0) is 15.5. The Bertz CT molecular complexity index is 591. The van der Waals surface area contributed by atoms with Crippen molar-refractivity contribution in [3.8, 4) is 11.8 Å². The molecule has 0 bridgehead atoms. The summed E-state index contributed by atoms with van der Waals surface area (Å²) in [5, 5.41) is 18.7. The average Bonchev–Trinajstić information content (AvgIpc) is 2.45. The molecule has 1 amide bonds. The summed E-state index contributed by atoms with van der Waals surface area (Å²) in [6, 6.07) is 3.83. The normalized spacial score (nSPS) is 17.0. The van der Waals surface area contributed by atoms with Gasteiger partial charge in [-0.3, -0.25) is 4.79 Å². The first-order chi connectivity index (χ1) is 9.93. The third-order valence-electron chi connectivity index (χ3n) is 3.64. The maximum Gasteiger partial charge on any atom is 0.255 e. The Hall–Kier alpha value is -1.90. The average molecular weight is 291 g/mol. The van der Waals surface area contributed by atoms with Crippen LogP contribution in [0.5, 0.6) is 0 Å². The lowest BCUT2D eigenvalue weighted by Crippen LogP contribution is -2.45. The van der Waals surface area contributed by atoms with Crippen LogP contribution in [0.25, 0.3) is 0 Å². The fourth-order valence-corrected chi connectivity index (χ4v) is 2.30. The number of aliphatic hydroxyl groups excluding tert-OH is 1. The second-order valence-corrected chi connectivity index (χ2v) is 5.44. The van der Waals surface area contributed by atoms with Crippen LogP contribution in [0.1, 0.15) is 35.7 Å².